The predicted octanol–water partition coefficient (Wildman–Crippen LogP) is 3.40. The molecule has 0 unspecified atom stereocenters. The molecule has 7 nitrogen and oxygen atoms in total. The van der Waals surface area contributed by atoms with Crippen LogP contribution in [-0.4, -0.2) is 71.8 Å². The lowest BCUT2D eigenvalue weighted by molar-refractivity contribution is -0.133. The monoisotopic (exact) mass is 440 g/mol. The van der Waals surface area contributed by atoms with Gasteiger partial charge in [-0.05, 0) is 36.2 Å². The number of aromatic nitrogens is 2. The van der Waals surface area contributed by atoms with Gasteiger partial charge in [0.15, 0.2) is 5.16 Å². The molecule has 1 saturated heterocycles. The van der Waals surface area contributed by atoms with Crippen molar-refractivity contribution in [2.75, 3.05) is 34.9 Å². The van der Waals surface area contributed by atoms with E-state index in [2.05, 4.69) is 9.88 Å². The van der Waals surface area contributed by atoms with E-state index in [-0.39, 0.29) is 17.2 Å². The maximum Gasteiger partial charge on any atom is 0.239 e. The normalized spacial score (nSPS) is 19.0. The van der Waals surface area contributed by atoms with Crippen LogP contribution >= 0.6 is 11.8 Å². The second-order valence-corrected chi connectivity index (χ2v) is 9.22. The molecular formula is C23H28N4O3S. The lowest BCUT2D eigenvalue weighted by Gasteiger charge is -2.26. The van der Waals surface area contributed by atoms with Crippen molar-refractivity contribution in [1.82, 2.24) is 19.8 Å². The summed E-state index contributed by atoms with van der Waals surface area (Å²) >= 11 is 1.71. The van der Waals surface area contributed by atoms with Crippen molar-refractivity contribution in [1.29, 1.82) is 0 Å². The molecule has 0 aliphatic carbocycles. The Morgan fingerprint density at radius 2 is 1.90 bits per heavy atom. The molecule has 1 amide bonds. The second-order valence-electron chi connectivity index (χ2n) is 7.93. The Morgan fingerprint density at radius 3 is 2.55 bits per heavy atom. The van der Waals surface area contributed by atoms with E-state index in [1.807, 2.05) is 56.6 Å². The lowest BCUT2D eigenvalue weighted by Crippen LogP contribution is -2.42. The SMILES string of the molecule is COc1cc(CN2C[C@H](Sc3nc4ccccc4[nH]3)C[C@H]2C(=O)N(C)C)cc(OC)c1. The highest BCUT2D eigenvalue weighted by molar-refractivity contribution is 7.99. The van der Waals surface area contributed by atoms with Gasteiger partial charge in [-0.2, -0.15) is 0 Å². The van der Waals surface area contributed by atoms with Crippen LogP contribution in [-0.2, 0) is 11.3 Å². The fourth-order valence-electron chi connectivity index (χ4n) is 4.01. The first-order chi connectivity index (χ1) is 15.0. The van der Waals surface area contributed by atoms with Crippen LogP contribution in [0.3, 0.4) is 0 Å². The van der Waals surface area contributed by atoms with E-state index in [0.29, 0.717) is 6.54 Å². The Labute approximate surface area is 186 Å². The predicted molar refractivity (Wildman–Crippen MR) is 123 cm³/mol. The summed E-state index contributed by atoms with van der Waals surface area (Å²) in [5, 5.41) is 1.16. The summed E-state index contributed by atoms with van der Waals surface area (Å²) in [5.74, 6) is 1.62. The van der Waals surface area contributed by atoms with Gasteiger partial charge in [0.25, 0.3) is 0 Å². The molecule has 3 aromatic rings. The molecular weight excluding hydrogens is 412 g/mol. The van der Waals surface area contributed by atoms with E-state index < -0.39 is 0 Å². The van der Waals surface area contributed by atoms with Crippen molar-refractivity contribution in [3.05, 3.63) is 48.0 Å². The number of para-hydroxylation sites is 2. The van der Waals surface area contributed by atoms with Crippen LogP contribution in [0.25, 0.3) is 11.0 Å². The maximum atomic E-state index is 12.9. The number of carbonyl (C=O) groups excluding carboxylic acids is 1. The minimum absolute atomic E-state index is 0.127. The molecule has 2 heterocycles. The molecule has 1 fully saturated rings. The van der Waals surface area contributed by atoms with Crippen LogP contribution in [0.4, 0.5) is 0 Å². The van der Waals surface area contributed by atoms with Gasteiger partial charge in [0.1, 0.15) is 11.5 Å². The van der Waals surface area contributed by atoms with Crippen LogP contribution in [0.15, 0.2) is 47.6 Å². The number of hydrogen-bond acceptors (Lipinski definition) is 6. The van der Waals surface area contributed by atoms with Crippen molar-refractivity contribution in [3.63, 3.8) is 0 Å². The zero-order chi connectivity index (χ0) is 22.0. The van der Waals surface area contributed by atoms with Crippen LogP contribution in [0, 0.1) is 0 Å². The van der Waals surface area contributed by atoms with Gasteiger partial charge in [-0.25, -0.2) is 4.98 Å². The number of fused-ring (bicyclic) bond motifs is 1. The highest BCUT2D eigenvalue weighted by atomic mass is 32.2. The van der Waals surface area contributed by atoms with Crippen molar-refractivity contribution >= 4 is 28.7 Å². The minimum Gasteiger partial charge on any atom is -0.497 e. The molecule has 0 radical (unpaired) electrons. The van der Waals surface area contributed by atoms with E-state index in [4.69, 9.17) is 14.5 Å². The fourth-order valence-corrected chi connectivity index (χ4v) is 5.19. The number of likely N-dealkylation sites (tertiary alicyclic amines) is 1. The van der Waals surface area contributed by atoms with Crippen molar-refractivity contribution in [3.8, 4) is 11.5 Å². The third-order valence-corrected chi connectivity index (χ3v) is 6.63. The number of likely N-dealkylation sites (N-methyl/N-ethyl adjacent to an activating group) is 1. The van der Waals surface area contributed by atoms with Crippen molar-refractivity contribution in [2.24, 2.45) is 0 Å². The summed E-state index contributed by atoms with van der Waals surface area (Å²) in [4.78, 5) is 24.9. The van der Waals surface area contributed by atoms with Crippen LogP contribution < -0.4 is 9.47 Å². The van der Waals surface area contributed by atoms with Crippen LogP contribution in [0.1, 0.15) is 12.0 Å². The summed E-state index contributed by atoms with van der Waals surface area (Å²) in [7, 11) is 6.92. The molecule has 4 rings (SSSR count). The highest BCUT2D eigenvalue weighted by Gasteiger charge is 2.38. The Bertz CT molecular complexity index is 1010. The summed E-state index contributed by atoms with van der Waals surface area (Å²) in [6, 6.07) is 13.7. The number of rotatable bonds is 7. The number of hydrogen-bond donors (Lipinski definition) is 1. The smallest absolute Gasteiger partial charge is 0.239 e. The number of nitrogens with zero attached hydrogens (tertiary/aromatic N) is 3. The van der Waals surface area contributed by atoms with Gasteiger partial charge in [0, 0.05) is 38.5 Å². The largest absolute Gasteiger partial charge is 0.497 e. The number of carbonyl (C=O) groups is 1. The Balaban J connectivity index is 1.54. The van der Waals surface area contributed by atoms with E-state index in [0.717, 1.165) is 46.2 Å². The molecule has 0 bridgehead atoms. The van der Waals surface area contributed by atoms with Gasteiger partial charge in [-0.3, -0.25) is 9.69 Å². The van der Waals surface area contributed by atoms with Crippen molar-refractivity contribution in [2.45, 2.75) is 29.4 Å². The Morgan fingerprint density at radius 1 is 1.19 bits per heavy atom. The number of H-pyrrole nitrogens is 1. The van der Waals surface area contributed by atoms with Gasteiger partial charge in [-0.1, -0.05) is 23.9 Å². The molecule has 1 aliphatic heterocycles. The molecule has 0 spiro atoms. The zero-order valence-corrected chi connectivity index (χ0v) is 19.1. The molecule has 1 aliphatic rings. The third-order valence-electron chi connectivity index (χ3n) is 5.53. The second kappa shape index (κ2) is 9.20. The van der Waals surface area contributed by atoms with Crippen LogP contribution in [0.2, 0.25) is 0 Å². The standard InChI is InChI=1S/C23H28N4O3S/c1-26(2)22(28)21-12-18(31-23-24-19-7-5-6-8-20(19)25-23)14-27(21)13-15-9-16(29-3)11-17(10-15)30-4/h5-11,18,21H,12-14H2,1-4H3,(H,24,25)/t18-,21+/m1/s1. The number of aromatic amines is 1. The zero-order valence-electron chi connectivity index (χ0n) is 18.3. The molecule has 8 heteroatoms. The quantitative estimate of drug-likeness (QED) is 0.607. The first kappa shape index (κ1) is 21.5. The number of nitrogens with one attached hydrogen (secondary N) is 1. The molecule has 2 aromatic carbocycles. The first-order valence-corrected chi connectivity index (χ1v) is 11.1. The Hall–Kier alpha value is -2.71. The number of benzene rings is 2. The van der Waals surface area contributed by atoms with E-state index >= 15 is 0 Å². The Kier molecular flexibility index (Phi) is 6.38. The van der Waals surface area contributed by atoms with Gasteiger partial charge < -0.3 is 19.4 Å². The molecule has 2 atom stereocenters. The fraction of sp³-hybridized carbons (Fsp3) is 0.391. The first-order valence-electron chi connectivity index (χ1n) is 10.3. The summed E-state index contributed by atoms with van der Waals surface area (Å²) in [6.45, 7) is 1.44. The van der Waals surface area contributed by atoms with E-state index in [1.165, 1.54) is 0 Å². The minimum atomic E-state index is -0.172. The van der Waals surface area contributed by atoms with Gasteiger partial charge >= 0.3 is 0 Å². The summed E-state index contributed by atoms with van der Waals surface area (Å²) in [5.41, 5.74) is 3.05. The number of methoxy groups -OCH3 is 2. The van der Waals surface area contributed by atoms with Gasteiger partial charge in [0.2, 0.25) is 5.91 Å². The average molecular weight is 441 g/mol. The number of thioether (sulfide) groups is 1. The van der Waals surface area contributed by atoms with E-state index in [9.17, 15) is 4.79 Å². The van der Waals surface area contributed by atoms with Crippen molar-refractivity contribution < 1.29 is 14.3 Å². The van der Waals surface area contributed by atoms with Gasteiger partial charge in [-0.15, -0.1) is 0 Å². The van der Waals surface area contributed by atoms with Gasteiger partial charge in [0.05, 0.1) is 31.3 Å². The number of imidazole rings is 1. The average Bonchev–Trinajstić information content (AvgIpc) is 3.35. The number of ether oxygens (including phenoxy) is 2. The molecule has 1 N–H and O–H groups in total. The molecule has 164 valence electrons. The van der Waals surface area contributed by atoms with Crippen LogP contribution in [0.5, 0.6) is 11.5 Å². The summed E-state index contributed by atoms with van der Waals surface area (Å²) in [6.07, 6.45) is 0.778. The molecule has 0 saturated carbocycles. The topological polar surface area (TPSA) is 70.7 Å². The number of amides is 1. The summed E-state index contributed by atoms with van der Waals surface area (Å²) < 4.78 is 10.8. The lowest BCUT2D eigenvalue weighted by atomic mass is 10.1. The van der Waals surface area contributed by atoms with E-state index in [1.54, 1.807) is 30.9 Å². The third kappa shape index (κ3) is 4.80. The maximum absolute atomic E-state index is 12.9. The molecule has 1 aromatic heterocycles. The highest BCUT2D eigenvalue weighted by Crippen LogP contribution is 2.34. The molecule has 31 heavy (non-hydrogen) atoms.